The number of alkyl carbamates (subject to hydrolysis) is 1. The Bertz CT molecular complexity index is 856. The van der Waals surface area contributed by atoms with Gasteiger partial charge in [0.1, 0.15) is 17.7 Å². The van der Waals surface area contributed by atoms with Crippen LogP contribution in [0.3, 0.4) is 0 Å². The maximum atomic E-state index is 13.8. The van der Waals surface area contributed by atoms with Gasteiger partial charge in [-0.25, -0.2) is 4.79 Å². The summed E-state index contributed by atoms with van der Waals surface area (Å²) in [5.74, 6) is -0.601. The van der Waals surface area contributed by atoms with Crippen molar-refractivity contribution < 1.29 is 19.1 Å². The highest BCUT2D eigenvalue weighted by molar-refractivity contribution is 5.92. The van der Waals surface area contributed by atoms with E-state index in [0.717, 1.165) is 16.7 Å². The van der Waals surface area contributed by atoms with Crippen LogP contribution in [0, 0.1) is 13.8 Å². The molecule has 2 unspecified atom stereocenters. The molecule has 3 amide bonds. The van der Waals surface area contributed by atoms with Gasteiger partial charge in [0.05, 0.1) is 0 Å². The van der Waals surface area contributed by atoms with E-state index < -0.39 is 29.3 Å². The van der Waals surface area contributed by atoms with Crippen molar-refractivity contribution in [1.82, 2.24) is 15.5 Å². The van der Waals surface area contributed by atoms with E-state index in [1.165, 1.54) is 0 Å². The Morgan fingerprint density at radius 1 is 1.00 bits per heavy atom. The number of aryl methyl sites for hydroxylation is 1. The molecule has 0 aromatic heterocycles. The van der Waals surface area contributed by atoms with Crippen LogP contribution in [-0.2, 0) is 14.3 Å². The average Bonchev–Trinajstić information content (AvgIpc) is 2.65. The van der Waals surface area contributed by atoms with Gasteiger partial charge in [0.25, 0.3) is 0 Å². The molecule has 7 nitrogen and oxygen atoms in total. The van der Waals surface area contributed by atoms with E-state index in [4.69, 9.17) is 4.74 Å². The molecule has 0 aliphatic carbocycles. The van der Waals surface area contributed by atoms with Crippen LogP contribution >= 0.6 is 0 Å². The van der Waals surface area contributed by atoms with Gasteiger partial charge < -0.3 is 20.3 Å². The molecule has 0 aliphatic rings. The van der Waals surface area contributed by atoms with E-state index >= 15 is 0 Å². The third kappa shape index (κ3) is 7.76. The second-order valence-corrected chi connectivity index (χ2v) is 10.6. The molecule has 2 N–H and O–H groups in total. The number of nitrogens with one attached hydrogen (secondary N) is 2. The summed E-state index contributed by atoms with van der Waals surface area (Å²) in [6.07, 6.45) is -0.0543. The van der Waals surface area contributed by atoms with Crippen LogP contribution in [0.25, 0.3) is 0 Å². The molecular formula is C26H43N3O4. The largest absolute Gasteiger partial charge is 0.444 e. The SMILES string of the molecule is CCC(C)(C)N(C(=O)C(C)NC(=O)OC(C)(C)C)C(C(=O)NC(C)C)c1cccc(C)c1C. The van der Waals surface area contributed by atoms with Crippen LogP contribution in [0.5, 0.6) is 0 Å². The summed E-state index contributed by atoms with van der Waals surface area (Å²) >= 11 is 0. The third-order valence-electron chi connectivity index (χ3n) is 5.74. The highest BCUT2D eigenvalue weighted by Crippen LogP contribution is 2.34. The first-order valence-electron chi connectivity index (χ1n) is 11.7. The van der Waals surface area contributed by atoms with Gasteiger partial charge in [0, 0.05) is 11.6 Å². The zero-order chi connectivity index (χ0) is 25.7. The predicted octanol–water partition coefficient (Wildman–Crippen LogP) is 4.80. The van der Waals surface area contributed by atoms with Gasteiger partial charge >= 0.3 is 6.09 Å². The van der Waals surface area contributed by atoms with Crippen molar-refractivity contribution in [3.8, 4) is 0 Å². The van der Waals surface area contributed by atoms with E-state index in [1.807, 2.05) is 66.7 Å². The van der Waals surface area contributed by atoms with Gasteiger partial charge in [-0.15, -0.1) is 0 Å². The summed E-state index contributed by atoms with van der Waals surface area (Å²) < 4.78 is 5.33. The molecule has 7 heteroatoms. The predicted molar refractivity (Wildman–Crippen MR) is 132 cm³/mol. The smallest absolute Gasteiger partial charge is 0.408 e. The fourth-order valence-corrected chi connectivity index (χ4v) is 3.53. The Morgan fingerprint density at radius 2 is 1.58 bits per heavy atom. The zero-order valence-electron chi connectivity index (χ0n) is 22.3. The number of carbonyl (C=O) groups excluding carboxylic acids is 3. The second-order valence-electron chi connectivity index (χ2n) is 10.6. The fraction of sp³-hybridized carbons (Fsp3) is 0.654. The summed E-state index contributed by atoms with van der Waals surface area (Å²) in [4.78, 5) is 41.3. The summed E-state index contributed by atoms with van der Waals surface area (Å²) in [7, 11) is 0. The Morgan fingerprint density at radius 3 is 2.06 bits per heavy atom. The van der Waals surface area contributed by atoms with E-state index in [2.05, 4.69) is 10.6 Å². The number of ether oxygens (including phenoxy) is 1. The van der Waals surface area contributed by atoms with Crippen LogP contribution in [-0.4, -0.2) is 46.0 Å². The van der Waals surface area contributed by atoms with Crippen molar-refractivity contribution in [2.45, 2.75) is 112 Å². The van der Waals surface area contributed by atoms with E-state index in [-0.39, 0.29) is 17.9 Å². The van der Waals surface area contributed by atoms with Crippen molar-refractivity contribution in [3.05, 3.63) is 34.9 Å². The number of rotatable bonds is 8. The molecule has 0 saturated heterocycles. The van der Waals surface area contributed by atoms with Crippen LogP contribution in [0.1, 0.15) is 91.5 Å². The lowest BCUT2D eigenvalue weighted by Gasteiger charge is -2.44. The summed E-state index contributed by atoms with van der Waals surface area (Å²) in [5, 5.41) is 5.63. The molecule has 0 heterocycles. The molecule has 1 rings (SSSR count). The molecular weight excluding hydrogens is 418 g/mol. The summed E-state index contributed by atoms with van der Waals surface area (Å²) in [6, 6.07) is 3.95. The van der Waals surface area contributed by atoms with Crippen molar-refractivity contribution in [1.29, 1.82) is 0 Å². The van der Waals surface area contributed by atoms with Crippen LogP contribution in [0.4, 0.5) is 4.79 Å². The van der Waals surface area contributed by atoms with E-state index in [0.29, 0.717) is 6.42 Å². The number of hydrogen-bond acceptors (Lipinski definition) is 4. The maximum absolute atomic E-state index is 13.8. The summed E-state index contributed by atoms with van der Waals surface area (Å²) in [5.41, 5.74) is 1.42. The lowest BCUT2D eigenvalue weighted by molar-refractivity contribution is -0.149. The van der Waals surface area contributed by atoms with Gasteiger partial charge in [-0.2, -0.15) is 0 Å². The van der Waals surface area contributed by atoms with Crippen LogP contribution < -0.4 is 10.6 Å². The Kier molecular flexibility index (Phi) is 9.52. The number of benzene rings is 1. The standard InChI is InChI=1S/C26H43N3O4/c1-12-26(10,11)29(23(31)19(6)28-24(32)33-25(7,8)9)21(22(30)27-16(2)3)20-15-13-14-17(4)18(20)5/h13-16,19,21H,12H2,1-11H3,(H,27,30)(H,28,32). The van der Waals surface area contributed by atoms with E-state index in [1.54, 1.807) is 32.6 Å². The minimum absolute atomic E-state index is 0.0934. The van der Waals surface area contributed by atoms with Gasteiger partial charge in [-0.3, -0.25) is 9.59 Å². The topological polar surface area (TPSA) is 87.7 Å². The van der Waals surface area contributed by atoms with Gasteiger partial charge in [-0.05, 0) is 92.3 Å². The monoisotopic (exact) mass is 461 g/mol. The molecule has 1 aromatic rings. The van der Waals surface area contributed by atoms with Crippen molar-refractivity contribution in [2.24, 2.45) is 0 Å². The Balaban J connectivity index is 3.55. The second kappa shape index (κ2) is 11.0. The molecule has 0 spiro atoms. The third-order valence-corrected chi connectivity index (χ3v) is 5.74. The van der Waals surface area contributed by atoms with Crippen molar-refractivity contribution >= 4 is 17.9 Å². The highest BCUT2D eigenvalue weighted by Gasteiger charge is 2.42. The maximum Gasteiger partial charge on any atom is 0.408 e. The lowest BCUT2D eigenvalue weighted by Crippen LogP contribution is -2.59. The zero-order valence-corrected chi connectivity index (χ0v) is 22.3. The van der Waals surface area contributed by atoms with Crippen molar-refractivity contribution in [3.63, 3.8) is 0 Å². The molecule has 0 aliphatic heterocycles. The molecule has 0 saturated carbocycles. The minimum atomic E-state index is -0.884. The Labute approximate surface area is 199 Å². The molecule has 1 aromatic carbocycles. The average molecular weight is 462 g/mol. The van der Waals surface area contributed by atoms with E-state index in [9.17, 15) is 14.4 Å². The lowest BCUT2D eigenvalue weighted by atomic mass is 9.89. The highest BCUT2D eigenvalue weighted by atomic mass is 16.6. The fourth-order valence-electron chi connectivity index (χ4n) is 3.53. The summed E-state index contributed by atoms with van der Waals surface area (Å²) in [6.45, 7) is 20.5. The first-order chi connectivity index (χ1) is 15.0. The quantitative estimate of drug-likeness (QED) is 0.582. The number of nitrogens with zero attached hydrogens (tertiary/aromatic N) is 1. The molecule has 0 fully saturated rings. The molecule has 2 atom stereocenters. The van der Waals surface area contributed by atoms with Gasteiger partial charge in [0.15, 0.2) is 0 Å². The number of carbonyl (C=O) groups is 3. The molecule has 0 radical (unpaired) electrons. The molecule has 33 heavy (non-hydrogen) atoms. The number of amides is 3. The van der Waals surface area contributed by atoms with Gasteiger partial charge in [0.2, 0.25) is 11.8 Å². The molecule has 0 bridgehead atoms. The Hall–Kier alpha value is -2.57. The van der Waals surface area contributed by atoms with Crippen LogP contribution in [0.15, 0.2) is 18.2 Å². The first kappa shape index (κ1) is 28.5. The van der Waals surface area contributed by atoms with Crippen molar-refractivity contribution in [2.75, 3.05) is 0 Å². The molecule has 186 valence electrons. The van der Waals surface area contributed by atoms with Crippen LogP contribution in [0.2, 0.25) is 0 Å². The normalized spacial score (nSPS) is 13.8. The first-order valence-corrected chi connectivity index (χ1v) is 11.7. The van der Waals surface area contributed by atoms with Gasteiger partial charge in [-0.1, -0.05) is 25.1 Å². The number of hydrogen-bond donors (Lipinski definition) is 2. The minimum Gasteiger partial charge on any atom is -0.444 e.